The van der Waals surface area contributed by atoms with Crippen molar-refractivity contribution < 1.29 is 9.47 Å². The van der Waals surface area contributed by atoms with E-state index in [-0.39, 0.29) is 30.0 Å². The van der Waals surface area contributed by atoms with Crippen molar-refractivity contribution in [2.75, 3.05) is 53.6 Å². The minimum Gasteiger partial charge on any atom is -0.497 e. The second-order valence-corrected chi connectivity index (χ2v) is 8.34. The van der Waals surface area contributed by atoms with Crippen molar-refractivity contribution in [3.05, 3.63) is 65.4 Å². The third kappa shape index (κ3) is 6.43. The van der Waals surface area contributed by atoms with E-state index in [4.69, 9.17) is 9.47 Å². The molecule has 1 fully saturated rings. The smallest absolute Gasteiger partial charge is 0.191 e. The van der Waals surface area contributed by atoms with Crippen molar-refractivity contribution in [1.82, 2.24) is 20.5 Å². The Kier molecular flexibility index (Phi) is 10.0. The zero-order valence-electron chi connectivity index (χ0n) is 20.3. The highest BCUT2D eigenvalue weighted by Crippen LogP contribution is 2.24. The molecule has 1 atom stereocenters. The van der Waals surface area contributed by atoms with Gasteiger partial charge in [-0.2, -0.15) is 0 Å². The first-order valence-corrected chi connectivity index (χ1v) is 11.7. The standard InChI is InChI=1S/C26H35N5O2.HI/c1-19-22(23-6-4-5-7-24(23)30-19)12-13-28-26(27-2)29-18-25(31-14-16-33-17-15-31)20-8-10-21(32-3)11-9-20;/h4-11,25,30H,12-18H2,1-3H3,(H2,27,28,29);1H. The lowest BCUT2D eigenvalue weighted by Gasteiger charge is -2.35. The molecule has 3 aromatic rings. The first-order valence-electron chi connectivity index (χ1n) is 11.7. The van der Waals surface area contributed by atoms with E-state index in [2.05, 4.69) is 68.8 Å². The number of hydrogen-bond donors (Lipinski definition) is 3. The monoisotopic (exact) mass is 577 g/mol. The predicted molar refractivity (Wildman–Crippen MR) is 150 cm³/mol. The summed E-state index contributed by atoms with van der Waals surface area (Å²) in [5, 5.41) is 8.33. The summed E-state index contributed by atoms with van der Waals surface area (Å²) in [7, 11) is 3.52. The van der Waals surface area contributed by atoms with Gasteiger partial charge in [0.25, 0.3) is 0 Å². The number of aliphatic imine (C=N–C) groups is 1. The van der Waals surface area contributed by atoms with Gasteiger partial charge in [0.2, 0.25) is 0 Å². The molecule has 0 amide bonds. The summed E-state index contributed by atoms with van der Waals surface area (Å²) in [4.78, 5) is 10.4. The van der Waals surface area contributed by atoms with E-state index >= 15 is 0 Å². The summed E-state index contributed by atoms with van der Waals surface area (Å²) < 4.78 is 10.9. The van der Waals surface area contributed by atoms with E-state index < -0.39 is 0 Å². The van der Waals surface area contributed by atoms with Crippen LogP contribution in [0.5, 0.6) is 5.75 Å². The number of fused-ring (bicyclic) bond motifs is 1. The van der Waals surface area contributed by atoms with Crippen molar-refractivity contribution in [2.24, 2.45) is 4.99 Å². The van der Waals surface area contributed by atoms with Crippen LogP contribution in [0.3, 0.4) is 0 Å². The second-order valence-electron chi connectivity index (χ2n) is 8.34. The van der Waals surface area contributed by atoms with Crippen LogP contribution in [-0.2, 0) is 11.2 Å². The van der Waals surface area contributed by atoms with Crippen LogP contribution in [0.2, 0.25) is 0 Å². The second kappa shape index (κ2) is 13.0. The Balaban J connectivity index is 0.00000324. The van der Waals surface area contributed by atoms with E-state index in [9.17, 15) is 0 Å². The van der Waals surface area contributed by atoms with Gasteiger partial charge in [0.1, 0.15) is 5.75 Å². The molecule has 0 aliphatic carbocycles. The molecular weight excluding hydrogens is 541 g/mol. The number of aryl methyl sites for hydroxylation is 1. The SMILES string of the molecule is CN=C(NCCc1c(C)[nH]c2ccccc12)NCC(c1ccc(OC)cc1)N1CCOCC1.I. The molecule has 4 rings (SSSR count). The molecule has 1 aliphatic heterocycles. The maximum absolute atomic E-state index is 5.58. The summed E-state index contributed by atoms with van der Waals surface area (Å²) in [5.74, 6) is 1.69. The highest BCUT2D eigenvalue weighted by atomic mass is 127. The molecular formula is C26H36IN5O2. The molecule has 3 N–H and O–H groups in total. The van der Waals surface area contributed by atoms with E-state index in [1.165, 1.54) is 27.7 Å². The summed E-state index contributed by atoms with van der Waals surface area (Å²) in [6.45, 7) is 7.09. The molecule has 0 spiro atoms. The van der Waals surface area contributed by atoms with Gasteiger partial charge in [0.15, 0.2) is 5.96 Å². The van der Waals surface area contributed by atoms with Crippen LogP contribution in [0.1, 0.15) is 22.9 Å². The average molecular weight is 578 g/mol. The van der Waals surface area contributed by atoms with Crippen LogP contribution in [-0.4, -0.2) is 69.4 Å². The van der Waals surface area contributed by atoms with Gasteiger partial charge in [0, 0.05) is 49.8 Å². The van der Waals surface area contributed by atoms with Crippen LogP contribution in [0, 0.1) is 6.92 Å². The van der Waals surface area contributed by atoms with Gasteiger partial charge >= 0.3 is 0 Å². The van der Waals surface area contributed by atoms with Crippen LogP contribution < -0.4 is 15.4 Å². The molecule has 0 bridgehead atoms. The van der Waals surface area contributed by atoms with E-state index in [0.717, 1.165) is 57.5 Å². The molecule has 7 nitrogen and oxygen atoms in total. The summed E-state index contributed by atoms with van der Waals surface area (Å²) >= 11 is 0. The number of rotatable bonds is 8. The Bertz CT molecular complexity index is 1060. The topological polar surface area (TPSA) is 73.9 Å². The Labute approximate surface area is 219 Å². The van der Waals surface area contributed by atoms with E-state index in [1.807, 2.05) is 19.2 Å². The number of para-hydroxylation sites is 1. The number of nitrogens with one attached hydrogen (secondary N) is 3. The number of H-pyrrole nitrogens is 1. The first kappa shape index (κ1) is 26.3. The van der Waals surface area contributed by atoms with Crippen LogP contribution in [0.4, 0.5) is 0 Å². The highest BCUT2D eigenvalue weighted by molar-refractivity contribution is 14.0. The Morgan fingerprint density at radius 2 is 1.85 bits per heavy atom. The minimum absolute atomic E-state index is 0. The summed E-state index contributed by atoms with van der Waals surface area (Å²) in [5.41, 5.74) is 5.04. The zero-order valence-corrected chi connectivity index (χ0v) is 22.6. The molecule has 2 heterocycles. The number of morpholine rings is 1. The molecule has 0 saturated carbocycles. The van der Waals surface area contributed by atoms with Crippen LogP contribution in [0.25, 0.3) is 10.9 Å². The molecule has 2 aromatic carbocycles. The first-order chi connectivity index (χ1) is 16.2. The van der Waals surface area contributed by atoms with Crippen molar-refractivity contribution in [3.8, 4) is 5.75 Å². The molecule has 8 heteroatoms. The quantitative estimate of drug-likeness (QED) is 0.215. The highest BCUT2D eigenvalue weighted by Gasteiger charge is 2.23. The third-order valence-electron chi connectivity index (χ3n) is 6.37. The number of benzene rings is 2. The maximum Gasteiger partial charge on any atom is 0.191 e. The van der Waals surface area contributed by atoms with Crippen molar-refractivity contribution >= 4 is 40.8 Å². The Hall–Kier alpha value is -2.30. The van der Waals surface area contributed by atoms with Crippen molar-refractivity contribution in [3.63, 3.8) is 0 Å². The maximum atomic E-state index is 5.58. The summed E-state index contributed by atoms with van der Waals surface area (Å²) in [6, 6.07) is 17.1. The average Bonchev–Trinajstić information content (AvgIpc) is 3.19. The van der Waals surface area contributed by atoms with Gasteiger partial charge in [-0.1, -0.05) is 30.3 Å². The number of guanidine groups is 1. The summed E-state index contributed by atoms with van der Waals surface area (Å²) in [6.07, 6.45) is 0.932. The Morgan fingerprint density at radius 1 is 1.12 bits per heavy atom. The van der Waals surface area contributed by atoms with Gasteiger partial charge in [-0.15, -0.1) is 24.0 Å². The lowest BCUT2D eigenvalue weighted by Crippen LogP contribution is -2.46. The van der Waals surface area contributed by atoms with Gasteiger partial charge in [-0.05, 0) is 42.7 Å². The van der Waals surface area contributed by atoms with Crippen LogP contribution >= 0.6 is 24.0 Å². The Morgan fingerprint density at radius 3 is 2.56 bits per heavy atom. The number of ether oxygens (including phenoxy) is 2. The van der Waals surface area contributed by atoms with Crippen molar-refractivity contribution in [1.29, 1.82) is 0 Å². The molecule has 0 radical (unpaired) electrons. The lowest BCUT2D eigenvalue weighted by atomic mass is 10.0. The van der Waals surface area contributed by atoms with Gasteiger partial charge in [0.05, 0.1) is 26.4 Å². The fourth-order valence-corrected chi connectivity index (χ4v) is 4.55. The molecule has 1 unspecified atom stereocenters. The molecule has 34 heavy (non-hydrogen) atoms. The predicted octanol–water partition coefficient (Wildman–Crippen LogP) is 3.88. The molecule has 184 valence electrons. The lowest BCUT2D eigenvalue weighted by molar-refractivity contribution is 0.0170. The van der Waals surface area contributed by atoms with E-state index in [1.54, 1.807) is 7.11 Å². The number of methoxy groups -OCH3 is 1. The number of aromatic nitrogens is 1. The minimum atomic E-state index is 0. The number of halogens is 1. The van der Waals surface area contributed by atoms with Gasteiger partial charge in [-0.3, -0.25) is 9.89 Å². The van der Waals surface area contributed by atoms with Crippen LogP contribution in [0.15, 0.2) is 53.5 Å². The van der Waals surface area contributed by atoms with E-state index in [0.29, 0.717) is 0 Å². The zero-order chi connectivity index (χ0) is 23.0. The molecule has 1 aromatic heterocycles. The molecule has 1 aliphatic rings. The fraction of sp³-hybridized carbons (Fsp3) is 0.423. The fourth-order valence-electron chi connectivity index (χ4n) is 4.55. The molecule has 1 saturated heterocycles. The number of hydrogen-bond acceptors (Lipinski definition) is 4. The normalized spacial score (nSPS) is 15.6. The number of aromatic amines is 1. The number of nitrogens with zero attached hydrogens (tertiary/aromatic N) is 2. The largest absolute Gasteiger partial charge is 0.497 e. The van der Waals surface area contributed by atoms with Crippen molar-refractivity contribution in [2.45, 2.75) is 19.4 Å². The van der Waals surface area contributed by atoms with Gasteiger partial charge in [-0.25, -0.2) is 0 Å². The van der Waals surface area contributed by atoms with Gasteiger partial charge < -0.3 is 25.1 Å². The third-order valence-corrected chi connectivity index (χ3v) is 6.37.